The monoisotopic (exact) mass is 217 g/mol. The Morgan fingerprint density at radius 2 is 2.19 bits per heavy atom. The fourth-order valence-electron chi connectivity index (χ4n) is 2.71. The van der Waals surface area contributed by atoms with E-state index >= 15 is 0 Å². The van der Waals surface area contributed by atoms with Crippen LogP contribution in [0.5, 0.6) is 5.75 Å². The lowest BCUT2D eigenvalue weighted by molar-refractivity contribution is -0.128. The number of hydrogen-bond acceptors (Lipinski definition) is 2. The van der Waals surface area contributed by atoms with E-state index in [9.17, 15) is 9.90 Å². The second kappa shape index (κ2) is 3.51. The number of nitrogens with zero attached hydrogens (tertiary/aromatic N) is 1. The first kappa shape index (κ1) is 9.70. The van der Waals surface area contributed by atoms with Gasteiger partial charge in [0.25, 0.3) is 0 Å². The van der Waals surface area contributed by atoms with Crippen molar-refractivity contribution in [2.75, 3.05) is 6.54 Å². The third-order valence-electron chi connectivity index (χ3n) is 3.74. The van der Waals surface area contributed by atoms with Crippen molar-refractivity contribution in [2.24, 2.45) is 5.92 Å². The van der Waals surface area contributed by atoms with E-state index in [0.29, 0.717) is 23.6 Å². The number of hydrogen-bond donors (Lipinski definition) is 1. The predicted octanol–water partition coefficient (Wildman–Crippen LogP) is 1.56. The highest BCUT2D eigenvalue weighted by Crippen LogP contribution is 2.41. The van der Waals surface area contributed by atoms with Gasteiger partial charge in [-0.3, -0.25) is 4.79 Å². The number of phenols is 1. The Morgan fingerprint density at radius 3 is 2.81 bits per heavy atom. The number of carbonyl (C=O) groups is 1. The van der Waals surface area contributed by atoms with Crippen molar-refractivity contribution in [2.45, 2.75) is 25.3 Å². The lowest BCUT2D eigenvalue weighted by Gasteiger charge is -2.24. The summed E-state index contributed by atoms with van der Waals surface area (Å²) < 4.78 is 0. The molecule has 0 unspecified atom stereocenters. The fraction of sp³-hybridized carbons (Fsp3) is 0.462. The van der Waals surface area contributed by atoms with E-state index in [1.54, 1.807) is 12.1 Å². The summed E-state index contributed by atoms with van der Waals surface area (Å²) in [5.74, 6) is 0.967. The Labute approximate surface area is 94.7 Å². The molecular weight excluding hydrogens is 202 g/mol. The Hall–Kier alpha value is -1.51. The molecule has 4 rings (SSSR count). The largest absolute Gasteiger partial charge is 0.508 e. The van der Waals surface area contributed by atoms with Crippen LogP contribution >= 0.6 is 0 Å². The summed E-state index contributed by atoms with van der Waals surface area (Å²) in [4.78, 5) is 13.7. The number of carbonyl (C=O) groups excluding carboxylic acids is 1. The van der Waals surface area contributed by atoms with Crippen molar-refractivity contribution in [3.63, 3.8) is 0 Å². The van der Waals surface area contributed by atoms with Crippen LogP contribution in [0.4, 0.5) is 0 Å². The van der Waals surface area contributed by atoms with Gasteiger partial charge in [0.1, 0.15) is 5.75 Å². The molecule has 3 fully saturated rings. The number of amides is 1. The van der Waals surface area contributed by atoms with E-state index in [2.05, 4.69) is 0 Å². The summed E-state index contributed by atoms with van der Waals surface area (Å²) in [7, 11) is 0. The first-order chi connectivity index (χ1) is 7.74. The van der Waals surface area contributed by atoms with Crippen LogP contribution in [-0.4, -0.2) is 28.5 Å². The minimum absolute atomic E-state index is 0.301. The lowest BCUT2D eigenvalue weighted by atomic mass is 9.86. The third kappa shape index (κ3) is 1.47. The van der Waals surface area contributed by atoms with E-state index < -0.39 is 0 Å². The first-order valence-corrected chi connectivity index (χ1v) is 5.82. The highest BCUT2D eigenvalue weighted by Gasteiger charge is 2.49. The zero-order valence-electron chi connectivity index (χ0n) is 9.10. The molecule has 1 aromatic carbocycles. The second-order valence-electron chi connectivity index (χ2n) is 4.77. The molecule has 16 heavy (non-hydrogen) atoms. The maximum atomic E-state index is 11.7. The highest BCUT2D eigenvalue weighted by molar-refractivity contribution is 5.84. The minimum atomic E-state index is 0.301. The maximum Gasteiger partial charge on any atom is 0.226 e. The summed E-state index contributed by atoms with van der Waals surface area (Å²) in [5, 5.41) is 9.34. The molecule has 84 valence electrons. The SMILES string of the molecule is O=C1C2CC(C2)N1CCc1cccc(O)c1. The van der Waals surface area contributed by atoms with E-state index in [1.807, 2.05) is 17.0 Å². The lowest BCUT2D eigenvalue weighted by Crippen LogP contribution is -2.31. The molecule has 3 heteroatoms. The van der Waals surface area contributed by atoms with Crippen molar-refractivity contribution in [1.29, 1.82) is 0 Å². The molecule has 2 aliphatic heterocycles. The highest BCUT2D eigenvalue weighted by atomic mass is 16.3. The molecular formula is C13H15NO2. The number of benzene rings is 1. The molecule has 1 saturated carbocycles. The van der Waals surface area contributed by atoms with Gasteiger partial charge in [0.15, 0.2) is 0 Å². The standard InChI is InChI=1S/C13H15NO2/c15-12-3-1-2-9(6-12)4-5-14-11-7-10(8-11)13(14)16/h1-3,6,10-11,15H,4-5,7-8H2. The van der Waals surface area contributed by atoms with Gasteiger partial charge in [-0.1, -0.05) is 12.1 Å². The van der Waals surface area contributed by atoms with E-state index in [-0.39, 0.29) is 0 Å². The molecule has 2 heterocycles. The van der Waals surface area contributed by atoms with Gasteiger partial charge in [-0.25, -0.2) is 0 Å². The van der Waals surface area contributed by atoms with Crippen LogP contribution in [0, 0.1) is 5.92 Å². The van der Waals surface area contributed by atoms with Crippen molar-refractivity contribution in [3.8, 4) is 5.75 Å². The van der Waals surface area contributed by atoms with Crippen LogP contribution in [0.15, 0.2) is 24.3 Å². The van der Waals surface area contributed by atoms with Crippen molar-refractivity contribution >= 4 is 5.91 Å². The number of fused-ring (bicyclic) bond motifs is 1. The average molecular weight is 217 g/mol. The number of phenolic OH excluding ortho intramolecular Hbond substituents is 1. The van der Waals surface area contributed by atoms with Gasteiger partial charge >= 0.3 is 0 Å². The molecule has 0 atom stereocenters. The molecule has 1 aromatic rings. The van der Waals surface area contributed by atoms with Crippen LogP contribution in [0.25, 0.3) is 0 Å². The van der Waals surface area contributed by atoms with Crippen molar-refractivity contribution in [1.82, 2.24) is 4.90 Å². The zero-order chi connectivity index (χ0) is 11.1. The van der Waals surface area contributed by atoms with Crippen LogP contribution in [0.2, 0.25) is 0 Å². The van der Waals surface area contributed by atoms with Gasteiger partial charge in [-0.15, -0.1) is 0 Å². The molecule has 0 radical (unpaired) electrons. The smallest absolute Gasteiger partial charge is 0.226 e. The summed E-state index contributed by atoms with van der Waals surface area (Å²) in [5.41, 5.74) is 1.09. The molecule has 0 spiro atoms. The third-order valence-corrected chi connectivity index (χ3v) is 3.74. The Kier molecular flexibility index (Phi) is 2.13. The topological polar surface area (TPSA) is 40.5 Å². The summed E-state index contributed by atoms with van der Waals surface area (Å²) >= 11 is 0. The van der Waals surface area contributed by atoms with Gasteiger partial charge in [0.2, 0.25) is 5.91 Å². The molecule has 1 amide bonds. The van der Waals surface area contributed by atoms with Crippen molar-refractivity contribution < 1.29 is 9.90 Å². The normalized spacial score (nSPS) is 27.0. The van der Waals surface area contributed by atoms with Crippen LogP contribution in [0.1, 0.15) is 18.4 Å². The Morgan fingerprint density at radius 1 is 1.38 bits per heavy atom. The fourth-order valence-corrected chi connectivity index (χ4v) is 2.71. The Bertz CT molecular complexity index is 424. The van der Waals surface area contributed by atoms with Gasteiger partial charge in [0, 0.05) is 18.5 Å². The van der Waals surface area contributed by atoms with E-state index in [1.165, 1.54) is 0 Å². The van der Waals surface area contributed by atoms with Crippen LogP contribution < -0.4 is 0 Å². The first-order valence-electron chi connectivity index (χ1n) is 5.82. The number of rotatable bonds is 3. The summed E-state index contributed by atoms with van der Waals surface area (Å²) in [6.07, 6.45) is 2.97. The van der Waals surface area contributed by atoms with Crippen molar-refractivity contribution in [3.05, 3.63) is 29.8 Å². The number of aromatic hydroxyl groups is 1. The zero-order valence-corrected chi connectivity index (χ0v) is 9.10. The maximum absolute atomic E-state index is 11.7. The van der Waals surface area contributed by atoms with Gasteiger partial charge in [-0.05, 0) is 37.0 Å². The Balaban J connectivity index is 1.63. The predicted molar refractivity (Wildman–Crippen MR) is 60.0 cm³/mol. The summed E-state index contributed by atoms with van der Waals surface area (Å²) in [6.45, 7) is 0.795. The van der Waals surface area contributed by atoms with Gasteiger partial charge in [0.05, 0.1) is 0 Å². The molecule has 2 saturated heterocycles. The van der Waals surface area contributed by atoms with E-state index in [4.69, 9.17) is 0 Å². The summed E-state index contributed by atoms with van der Waals surface area (Å²) in [6, 6.07) is 7.78. The molecule has 2 bridgehead atoms. The van der Waals surface area contributed by atoms with Crippen LogP contribution in [-0.2, 0) is 11.2 Å². The molecule has 0 aromatic heterocycles. The van der Waals surface area contributed by atoms with Gasteiger partial charge in [-0.2, -0.15) is 0 Å². The quantitative estimate of drug-likeness (QED) is 0.834. The second-order valence-corrected chi connectivity index (χ2v) is 4.77. The molecule has 3 aliphatic rings. The molecule has 1 N–H and O–H groups in total. The van der Waals surface area contributed by atoms with Crippen LogP contribution in [0.3, 0.4) is 0 Å². The molecule has 1 aliphatic carbocycles. The van der Waals surface area contributed by atoms with E-state index in [0.717, 1.165) is 31.4 Å². The minimum Gasteiger partial charge on any atom is -0.508 e. The average Bonchev–Trinajstić information content (AvgIpc) is 2.65. The van der Waals surface area contributed by atoms with Gasteiger partial charge < -0.3 is 10.0 Å². The molecule has 3 nitrogen and oxygen atoms in total.